The number of aromatic nitrogens is 5. The minimum Gasteiger partial charge on any atom is -0.309 e. The zero-order chi connectivity index (χ0) is 43.2. The highest BCUT2D eigenvalue weighted by Crippen LogP contribution is 2.51. The van der Waals surface area contributed by atoms with Gasteiger partial charge in [0.25, 0.3) is 0 Å². The van der Waals surface area contributed by atoms with Gasteiger partial charge in [0.1, 0.15) is 0 Å². The zero-order valence-corrected chi connectivity index (χ0v) is 35.9. The molecule has 1 aliphatic rings. The summed E-state index contributed by atoms with van der Waals surface area (Å²) in [4.78, 5) is 15.7. The molecular formula is C60H41N5. The highest BCUT2D eigenvalue weighted by molar-refractivity contribution is 6.16. The van der Waals surface area contributed by atoms with E-state index in [0.29, 0.717) is 17.5 Å². The van der Waals surface area contributed by atoms with Crippen molar-refractivity contribution in [2.45, 2.75) is 19.3 Å². The first-order valence-corrected chi connectivity index (χ1v) is 22.3. The lowest BCUT2D eigenvalue weighted by atomic mass is 9.82. The van der Waals surface area contributed by atoms with Gasteiger partial charge in [-0.2, -0.15) is 0 Å². The second-order valence-electron chi connectivity index (χ2n) is 17.6. The molecule has 3 heterocycles. The molecule has 306 valence electrons. The maximum absolute atomic E-state index is 5.29. The summed E-state index contributed by atoms with van der Waals surface area (Å²) >= 11 is 0. The number of rotatable bonds is 6. The Morgan fingerprint density at radius 3 is 1.55 bits per heavy atom. The van der Waals surface area contributed by atoms with E-state index in [1.165, 1.54) is 49.3 Å². The molecule has 0 amide bonds. The van der Waals surface area contributed by atoms with Crippen molar-refractivity contribution in [1.82, 2.24) is 24.1 Å². The van der Waals surface area contributed by atoms with Gasteiger partial charge in [-0.05, 0) is 94.0 Å². The van der Waals surface area contributed by atoms with Crippen molar-refractivity contribution >= 4 is 43.6 Å². The first kappa shape index (κ1) is 37.2. The summed E-state index contributed by atoms with van der Waals surface area (Å²) in [6.45, 7) is 4.72. The molecule has 65 heavy (non-hydrogen) atoms. The third-order valence-corrected chi connectivity index (χ3v) is 13.5. The third kappa shape index (κ3) is 5.75. The Labute approximate surface area is 376 Å². The summed E-state index contributed by atoms with van der Waals surface area (Å²) in [5, 5.41) is 4.83. The zero-order valence-electron chi connectivity index (χ0n) is 35.9. The Balaban J connectivity index is 1.13. The standard InChI is InChI=1S/C60H41N5/c1-60(2)50-29-15-12-25-45(50)48-36-49-46-26-13-16-30-52(46)65(55(49)37-51(48)60)43-34-40(44-28-18-32-54-56(44)47-27-14-17-31-53(47)64(54)42-23-10-5-11-24-42)33-41(35-43)59-62-57(38-19-6-3-7-20-38)61-58(63-59)39-21-8-4-9-22-39/h3-37H,1-2H3. The molecule has 12 aromatic rings. The molecule has 5 heteroatoms. The number of hydrogen-bond donors (Lipinski definition) is 0. The highest BCUT2D eigenvalue weighted by atomic mass is 15.0. The number of para-hydroxylation sites is 3. The van der Waals surface area contributed by atoms with Gasteiger partial charge in [-0.25, -0.2) is 15.0 Å². The lowest BCUT2D eigenvalue weighted by Crippen LogP contribution is -2.15. The highest BCUT2D eigenvalue weighted by Gasteiger charge is 2.36. The second-order valence-corrected chi connectivity index (χ2v) is 17.6. The summed E-state index contributed by atoms with van der Waals surface area (Å²) in [5.41, 5.74) is 16.9. The van der Waals surface area contributed by atoms with Crippen LogP contribution in [0.2, 0.25) is 0 Å². The van der Waals surface area contributed by atoms with E-state index in [-0.39, 0.29) is 5.41 Å². The number of fused-ring (bicyclic) bond motifs is 9. The molecule has 5 nitrogen and oxygen atoms in total. The van der Waals surface area contributed by atoms with Gasteiger partial charge in [0.15, 0.2) is 17.5 Å². The van der Waals surface area contributed by atoms with Crippen LogP contribution in [-0.2, 0) is 5.41 Å². The van der Waals surface area contributed by atoms with Crippen LogP contribution < -0.4 is 0 Å². The van der Waals surface area contributed by atoms with Crippen LogP contribution in [0.1, 0.15) is 25.0 Å². The topological polar surface area (TPSA) is 48.5 Å². The van der Waals surface area contributed by atoms with Gasteiger partial charge in [-0.1, -0.05) is 166 Å². The maximum atomic E-state index is 5.29. The summed E-state index contributed by atoms with van der Waals surface area (Å²) in [5.74, 6) is 1.87. The van der Waals surface area contributed by atoms with Crippen LogP contribution in [0.15, 0.2) is 212 Å². The molecule has 0 saturated heterocycles. The van der Waals surface area contributed by atoms with E-state index in [2.05, 4.69) is 199 Å². The van der Waals surface area contributed by atoms with E-state index in [1.807, 2.05) is 36.4 Å². The van der Waals surface area contributed by atoms with Gasteiger partial charge in [0.2, 0.25) is 0 Å². The van der Waals surface area contributed by atoms with Crippen molar-refractivity contribution in [3.63, 3.8) is 0 Å². The summed E-state index contributed by atoms with van der Waals surface area (Å²) in [6, 6.07) is 76.1. The number of hydrogen-bond acceptors (Lipinski definition) is 3. The fourth-order valence-corrected chi connectivity index (χ4v) is 10.5. The summed E-state index contributed by atoms with van der Waals surface area (Å²) in [6.07, 6.45) is 0. The first-order chi connectivity index (χ1) is 32.0. The van der Waals surface area contributed by atoms with E-state index in [4.69, 9.17) is 15.0 Å². The molecule has 0 atom stereocenters. The molecule has 0 aliphatic heterocycles. The van der Waals surface area contributed by atoms with Crippen LogP contribution in [-0.4, -0.2) is 24.1 Å². The van der Waals surface area contributed by atoms with Gasteiger partial charge < -0.3 is 9.13 Å². The van der Waals surface area contributed by atoms with Crippen molar-refractivity contribution in [3.05, 3.63) is 223 Å². The molecule has 0 unspecified atom stereocenters. The summed E-state index contributed by atoms with van der Waals surface area (Å²) in [7, 11) is 0. The van der Waals surface area contributed by atoms with E-state index in [1.54, 1.807) is 0 Å². The predicted molar refractivity (Wildman–Crippen MR) is 268 cm³/mol. The number of benzene rings is 9. The van der Waals surface area contributed by atoms with E-state index in [0.717, 1.165) is 55.7 Å². The molecule has 1 aliphatic carbocycles. The Hall–Kier alpha value is -8.41. The Morgan fingerprint density at radius 1 is 0.323 bits per heavy atom. The van der Waals surface area contributed by atoms with Gasteiger partial charge in [0.05, 0.1) is 22.1 Å². The molecule has 13 rings (SSSR count). The molecule has 0 fully saturated rings. The van der Waals surface area contributed by atoms with Crippen molar-refractivity contribution in [1.29, 1.82) is 0 Å². The van der Waals surface area contributed by atoms with Gasteiger partial charge in [0, 0.05) is 55.0 Å². The van der Waals surface area contributed by atoms with Crippen molar-refractivity contribution in [2.75, 3.05) is 0 Å². The lowest BCUT2D eigenvalue weighted by molar-refractivity contribution is 0.661. The van der Waals surface area contributed by atoms with E-state index in [9.17, 15) is 0 Å². The van der Waals surface area contributed by atoms with Crippen LogP contribution in [0, 0.1) is 0 Å². The molecule has 0 saturated carbocycles. The van der Waals surface area contributed by atoms with Crippen LogP contribution in [0.25, 0.3) is 111 Å². The number of nitrogens with zero attached hydrogens (tertiary/aromatic N) is 5. The minimum atomic E-state index is -0.163. The van der Waals surface area contributed by atoms with Crippen LogP contribution in [0.5, 0.6) is 0 Å². The first-order valence-electron chi connectivity index (χ1n) is 22.3. The van der Waals surface area contributed by atoms with Gasteiger partial charge in [-0.15, -0.1) is 0 Å². The molecule has 3 aromatic heterocycles. The molecule has 9 aromatic carbocycles. The normalized spacial score (nSPS) is 12.9. The fourth-order valence-electron chi connectivity index (χ4n) is 10.5. The van der Waals surface area contributed by atoms with Gasteiger partial charge >= 0.3 is 0 Å². The average molecular weight is 832 g/mol. The van der Waals surface area contributed by atoms with E-state index < -0.39 is 0 Å². The fraction of sp³-hybridized carbons (Fsp3) is 0.0500. The monoisotopic (exact) mass is 831 g/mol. The van der Waals surface area contributed by atoms with Crippen molar-refractivity contribution in [3.8, 4) is 67.8 Å². The SMILES string of the molecule is CC1(C)c2ccccc2-c2cc3c4ccccc4n(-c4cc(-c5nc(-c6ccccc6)nc(-c6ccccc6)n5)cc(-c5cccc6c5c5ccccc5n6-c5ccccc5)c4)c3cc21. The molecule has 0 N–H and O–H groups in total. The molecular weight excluding hydrogens is 791 g/mol. The lowest BCUT2D eigenvalue weighted by Gasteiger charge is -2.22. The molecule has 0 radical (unpaired) electrons. The summed E-state index contributed by atoms with van der Waals surface area (Å²) < 4.78 is 4.85. The van der Waals surface area contributed by atoms with Crippen molar-refractivity contribution in [2.24, 2.45) is 0 Å². The Bertz CT molecular complexity index is 3790. The smallest absolute Gasteiger partial charge is 0.164 e. The average Bonchev–Trinajstić information content (AvgIpc) is 3.96. The van der Waals surface area contributed by atoms with E-state index >= 15 is 0 Å². The second kappa shape index (κ2) is 14.3. The van der Waals surface area contributed by atoms with Crippen LogP contribution in [0.3, 0.4) is 0 Å². The quantitative estimate of drug-likeness (QED) is 0.168. The van der Waals surface area contributed by atoms with Crippen molar-refractivity contribution < 1.29 is 0 Å². The third-order valence-electron chi connectivity index (χ3n) is 13.5. The predicted octanol–water partition coefficient (Wildman–Crippen LogP) is 15.0. The molecule has 0 bridgehead atoms. The Morgan fingerprint density at radius 2 is 0.846 bits per heavy atom. The Kier molecular flexibility index (Phi) is 8.18. The maximum Gasteiger partial charge on any atom is 0.164 e. The largest absolute Gasteiger partial charge is 0.309 e. The van der Waals surface area contributed by atoms with Gasteiger partial charge in [-0.3, -0.25) is 0 Å². The van der Waals surface area contributed by atoms with Crippen LogP contribution in [0.4, 0.5) is 0 Å². The minimum absolute atomic E-state index is 0.163. The van der Waals surface area contributed by atoms with Crippen LogP contribution >= 0.6 is 0 Å². The molecule has 0 spiro atoms.